The Bertz CT molecular complexity index is 1340. The maximum absolute atomic E-state index is 13.3. The number of amides is 1. The second-order valence-electron chi connectivity index (χ2n) is 20.4. The van der Waals surface area contributed by atoms with Gasteiger partial charge in [-0.2, -0.15) is 0 Å². The van der Waals surface area contributed by atoms with Gasteiger partial charge in [0.05, 0.1) is 25.2 Å². The van der Waals surface area contributed by atoms with Gasteiger partial charge in [-0.25, -0.2) is 0 Å². The molecular weight excluding hydrogens is 875 g/mol. The minimum Gasteiger partial charge on any atom is -0.458 e. The Morgan fingerprint density at radius 3 is 1.18 bits per heavy atom. The fraction of sp³-hybridized carbons (Fsp3) is 0.754. The normalized spacial score (nSPS) is 13.7. The van der Waals surface area contributed by atoms with Gasteiger partial charge in [-0.3, -0.25) is 9.59 Å². The van der Waals surface area contributed by atoms with Crippen LogP contribution in [-0.4, -0.2) is 46.9 Å². The lowest BCUT2D eigenvalue weighted by Gasteiger charge is -2.23. The second kappa shape index (κ2) is 57.9. The van der Waals surface area contributed by atoms with Gasteiger partial charge in [0.1, 0.15) is 6.10 Å². The maximum Gasteiger partial charge on any atom is 0.306 e. The third kappa shape index (κ3) is 53.2. The minimum atomic E-state index is -0.826. The Balaban J connectivity index is 4.69. The van der Waals surface area contributed by atoms with Crippen LogP contribution >= 0.6 is 0 Å². The van der Waals surface area contributed by atoms with Crippen molar-refractivity contribution >= 4 is 11.9 Å². The number of allylic oxidation sites excluding steroid dienone is 13. The smallest absolute Gasteiger partial charge is 0.306 e. The molecule has 0 fully saturated rings. The largest absolute Gasteiger partial charge is 0.458 e. The molecule has 0 saturated heterocycles. The van der Waals surface area contributed by atoms with E-state index in [9.17, 15) is 19.8 Å². The number of aliphatic hydroxyl groups is 2. The summed E-state index contributed by atoms with van der Waals surface area (Å²) in [6, 6.07) is -0.750. The van der Waals surface area contributed by atoms with Gasteiger partial charge >= 0.3 is 5.97 Å². The highest BCUT2D eigenvalue weighted by molar-refractivity contribution is 5.78. The molecule has 0 aliphatic rings. The first-order chi connectivity index (χ1) is 35.0. The van der Waals surface area contributed by atoms with E-state index in [1.807, 2.05) is 12.2 Å². The van der Waals surface area contributed by atoms with Gasteiger partial charge < -0.3 is 20.3 Å². The maximum atomic E-state index is 13.3. The molecule has 0 aliphatic heterocycles. The van der Waals surface area contributed by atoms with Gasteiger partial charge in [-0.05, 0) is 83.1 Å². The molecule has 0 heterocycles. The van der Waals surface area contributed by atoms with Gasteiger partial charge in [0.15, 0.2) is 0 Å². The van der Waals surface area contributed by atoms with E-state index in [4.69, 9.17) is 4.74 Å². The van der Waals surface area contributed by atoms with Crippen LogP contribution in [-0.2, 0) is 14.3 Å². The number of carbonyl (C=O) groups excluding carboxylic acids is 2. The second-order valence-corrected chi connectivity index (χ2v) is 20.4. The van der Waals surface area contributed by atoms with E-state index in [1.165, 1.54) is 161 Å². The summed E-state index contributed by atoms with van der Waals surface area (Å²) in [4.78, 5) is 26.3. The highest BCUT2D eigenvalue weighted by atomic mass is 16.5. The van der Waals surface area contributed by atoms with Crippen LogP contribution in [0.4, 0.5) is 0 Å². The summed E-state index contributed by atoms with van der Waals surface area (Å²) in [6.07, 6.45) is 76.9. The first-order valence-electron chi connectivity index (χ1n) is 30.3. The topological polar surface area (TPSA) is 95.9 Å². The number of hydrogen-bond acceptors (Lipinski definition) is 5. The van der Waals surface area contributed by atoms with E-state index in [1.54, 1.807) is 0 Å². The SMILES string of the molecule is CC/C=C\C/C=C\C/C=C\C/C=C\C/C=C\C/C=C\C(CC(=O)NC(CO)C(O)CCCCCCCCCCCCCCCCCCC)OC(=O)CCCCCCC/C=C/CCCCCCCCCCC. The van der Waals surface area contributed by atoms with Crippen molar-refractivity contribution in [1.82, 2.24) is 5.32 Å². The average Bonchev–Trinajstić information content (AvgIpc) is 3.36. The van der Waals surface area contributed by atoms with E-state index in [0.717, 1.165) is 83.5 Å². The van der Waals surface area contributed by atoms with Crippen molar-refractivity contribution < 1.29 is 24.5 Å². The van der Waals surface area contributed by atoms with E-state index in [0.29, 0.717) is 19.3 Å². The molecule has 0 aliphatic carbocycles. The number of unbranched alkanes of at least 4 members (excludes halogenated alkanes) is 30. The molecular formula is C65H115NO5. The number of hydrogen-bond donors (Lipinski definition) is 3. The van der Waals surface area contributed by atoms with Crippen molar-refractivity contribution in [3.63, 3.8) is 0 Å². The number of aliphatic hydroxyl groups excluding tert-OH is 2. The van der Waals surface area contributed by atoms with Crippen LogP contribution in [0.2, 0.25) is 0 Å². The molecule has 410 valence electrons. The highest BCUT2D eigenvalue weighted by Gasteiger charge is 2.23. The van der Waals surface area contributed by atoms with Crippen LogP contribution in [0.1, 0.15) is 290 Å². The Morgan fingerprint density at radius 2 is 0.789 bits per heavy atom. The van der Waals surface area contributed by atoms with Gasteiger partial charge in [-0.15, -0.1) is 0 Å². The van der Waals surface area contributed by atoms with Crippen LogP contribution in [0.5, 0.6) is 0 Å². The molecule has 0 aromatic rings. The van der Waals surface area contributed by atoms with Crippen molar-refractivity contribution in [2.24, 2.45) is 0 Å². The standard InChI is InChI=1S/C65H115NO5/c1-4-7-10-13-16-19-22-25-28-31-34-37-40-43-46-49-52-55-58-65(70)71-61(56-53-50-47-44-41-38-35-32-29-26-23-20-17-14-11-8-5-2)59-64(69)66-62(60-67)63(68)57-54-51-48-45-42-39-36-33-30-27-24-21-18-15-12-9-6-3/h8,11,17,20,26,29,34-35,37-38,44,47,53,56,61-63,67-68H,4-7,9-10,12-16,18-19,21-25,27-28,30-33,36,39-43,45-46,48-52,54-55,57-60H2,1-3H3,(H,66,69)/b11-8-,20-17-,29-26-,37-34+,38-35-,47-44-,56-53-. The third-order valence-corrected chi connectivity index (χ3v) is 13.5. The lowest BCUT2D eigenvalue weighted by Crippen LogP contribution is -2.46. The number of esters is 1. The molecule has 3 N–H and O–H groups in total. The van der Waals surface area contributed by atoms with E-state index in [-0.39, 0.29) is 24.9 Å². The molecule has 6 heteroatoms. The minimum absolute atomic E-state index is 0.0527. The van der Waals surface area contributed by atoms with Crippen LogP contribution < -0.4 is 5.32 Å². The zero-order chi connectivity index (χ0) is 51.6. The molecule has 0 aromatic heterocycles. The fourth-order valence-electron chi connectivity index (χ4n) is 8.89. The first-order valence-corrected chi connectivity index (χ1v) is 30.3. The van der Waals surface area contributed by atoms with Crippen molar-refractivity contribution in [3.05, 3.63) is 85.1 Å². The summed E-state index contributed by atoms with van der Waals surface area (Å²) in [6.45, 7) is 6.36. The Kier molecular flexibility index (Phi) is 55.5. The number of ether oxygens (including phenoxy) is 1. The highest BCUT2D eigenvalue weighted by Crippen LogP contribution is 2.17. The fourth-order valence-corrected chi connectivity index (χ4v) is 8.89. The molecule has 3 unspecified atom stereocenters. The van der Waals surface area contributed by atoms with E-state index in [2.05, 4.69) is 99.0 Å². The van der Waals surface area contributed by atoms with Crippen LogP contribution in [0.25, 0.3) is 0 Å². The van der Waals surface area contributed by atoms with Crippen LogP contribution in [0, 0.1) is 0 Å². The van der Waals surface area contributed by atoms with Crippen molar-refractivity contribution in [2.75, 3.05) is 6.61 Å². The first kappa shape index (κ1) is 68.0. The molecule has 0 aromatic carbocycles. The molecule has 6 nitrogen and oxygen atoms in total. The average molecular weight is 991 g/mol. The van der Waals surface area contributed by atoms with Crippen molar-refractivity contribution in [1.29, 1.82) is 0 Å². The lowest BCUT2D eigenvalue weighted by molar-refractivity contribution is -0.148. The summed E-state index contributed by atoms with van der Waals surface area (Å²) >= 11 is 0. The predicted molar refractivity (Wildman–Crippen MR) is 310 cm³/mol. The van der Waals surface area contributed by atoms with Crippen LogP contribution in [0.3, 0.4) is 0 Å². The number of nitrogens with one attached hydrogen (secondary N) is 1. The molecule has 1 amide bonds. The summed E-state index contributed by atoms with van der Waals surface area (Å²) < 4.78 is 5.86. The zero-order valence-corrected chi connectivity index (χ0v) is 46.8. The quantitative estimate of drug-likeness (QED) is 0.0321. The lowest BCUT2D eigenvalue weighted by atomic mass is 10.0. The van der Waals surface area contributed by atoms with Crippen LogP contribution in [0.15, 0.2) is 85.1 Å². The summed E-state index contributed by atoms with van der Waals surface area (Å²) in [7, 11) is 0. The molecule has 0 bridgehead atoms. The van der Waals surface area contributed by atoms with E-state index >= 15 is 0 Å². The monoisotopic (exact) mass is 990 g/mol. The molecule has 0 rings (SSSR count). The molecule has 0 saturated carbocycles. The summed E-state index contributed by atoms with van der Waals surface area (Å²) in [5.74, 6) is -0.635. The number of carbonyl (C=O) groups is 2. The molecule has 71 heavy (non-hydrogen) atoms. The van der Waals surface area contributed by atoms with Gasteiger partial charge in [0, 0.05) is 6.42 Å². The van der Waals surface area contributed by atoms with Gasteiger partial charge in [0.2, 0.25) is 5.91 Å². The Morgan fingerprint density at radius 1 is 0.437 bits per heavy atom. The Labute approximate surface area is 440 Å². The van der Waals surface area contributed by atoms with Gasteiger partial charge in [-0.1, -0.05) is 280 Å². The Hall–Kier alpha value is -2.96. The summed E-state index contributed by atoms with van der Waals surface area (Å²) in [5.41, 5.74) is 0. The third-order valence-electron chi connectivity index (χ3n) is 13.5. The van der Waals surface area contributed by atoms with Gasteiger partial charge in [0.25, 0.3) is 0 Å². The summed E-state index contributed by atoms with van der Waals surface area (Å²) in [5, 5.41) is 23.9. The van der Waals surface area contributed by atoms with Crippen molar-refractivity contribution in [2.45, 2.75) is 309 Å². The molecule has 0 spiro atoms. The zero-order valence-electron chi connectivity index (χ0n) is 46.8. The molecule has 0 radical (unpaired) electrons. The van der Waals surface area contributed by atoms with E-state index < -0.39 is 18.2 Å². The molecule has 3 atom stereocenters. The van der Waals surface area contributed by atoms with Crippen molar-refractivity contribution in [3.8, 4) is 0 Å². The predicted octanol–water partition coefficient (Wildman–Crippen LogP) is 19.1. The number of rotatable bonds is 54.